The molecule has 0 radical (unpaired) electrons. The summed E-state index contributed by atoms with van der Waals surface area (Å²) in [6.45, 7) is 0.00156. The Bertz CT molecular complexity index is 581. The molecule has 0 saturated carbocycles. The Morgan fingerprint density at radius 3 is 2.42 bits per heavy atom. The molecule has 0 aromatic heterocycles. The van der Waals surface area contributed by atoms with E-state index in [2.05, 4.69) is 4.72 Å². The van der Waals surface area contributed by atoms with E-state index in [0.29, 0.717) is 6.42 Å². The van der Waals surface area contributed by atoms with Crippen molar-refractivity contribution in [1.82, 2.24) is 4.72 Å². The minimum absolute atomic E-state index is 0.00156. The van der Waals surface area contributed by atoms with E-state index in [9.17, 15) is 8.42 Å². The summed E-state index contributed by atoms with van der Waals surface area (Å²) in [7, 11) is -3.78. The van der Waals surface area contributed by atoms with Crippen molar-refractivity contribution < 1.29 is 13.5 Å². The SMILES string of the molecule is O=S(=O)(N[C@@H]1C=C[C@H](CO)C1)c1c(Cl)cccc1Cl. The minimum Gasteiger partial charge on any atom is -0.396 e. The highest BCUT2D eigenvalue weighted by Crippen LogP contribution is 2.29. The summed E-state index contributed by atoms with van der Waals surface area (Å²) in [5.74, 6) is -0.0191. The van der Waals surface area contributed by atoms with Crippen molar-refractivity contribution in [3.8, 4) is 0 Å². The molecule has 19 heavy (non-hydrogen) atoms. The molecule has 2 rings (SSSR count). The molecule has 2 atom stereocenters. The van der Waals surface area contributed by atoms with Crippen molar-refractivity contribution in [3.05, 3.63) is 40.4 Å². The second-order valence-corrected chi connectivity index (χ2v) is 6.81. The summed E-state index contributed by atoms with van der Waals surface area (Å²) in [5.41, 5.74) is 0. The minimum atomic E-state index is -3.78. The molecule has 0 saturated heterocycles. The third-order valence-electron chi connectivity index (χ3n) is 2.90. The fourth-order valence-electron chi connectivity index (χ4n) is 1.99. The highest BCUT2D eigenvalue weighted by Gasteiger charge is 2.27. The van der Waals surface area contributed by atoms with Gasteiger partial charge >= 0.3 is 0 Å². The van der Waals surface area contributed by atoms with Crippen molar-refractivity contribution in [2.75, 3.05) is 6.61 Å². The summed E-state index contributed by atoms with van der Waals surface area (Å²) in [6.07, 6.45) is 4.04. The number of benzene rings is 1. The van der Waals surface area contributed by atoms with E-state index in [1.54, 1.807) is 18.2 Å². The van der Waals surface area contributed by atoms with Gasteiger partial charge in [0.15, 0.2) is 0 Å². The number of rotatable bonds is 4. The lowest BCUT2D eigenvalue weighted by molar-refractivity contribution is 0.248. The van der Waals surface area contributed by atoms with Crippen molar-refractivity contribution in [1.29, 1.82) is 0 Å². The van der Waals surface area contributed by atoms with E-state index in [0.717, 1.165) is 0 Å². The van der Waals surface area contributed by atoms with Crippen LogP contribution in [0.3, 0.4) is 0 Å². The van der Waals surface area contributed by atoms with Gasteiger partial charge in [0.2, 0.25) is 10.0 Å². The van der Waals surface area contributed by atoms with Gasteiger partial charge in [-0.3, -0.25) is 0 Å². The quantitative estimate of drug-likeness (QED) is 0.835. The maximum Gasteiger partial charge on any atom is 0.244 e. The van der Waals surface area contributed by atoms with Crippen LogP contribution < -0.4 is 4.72 Å². The smallest absolute Gasteiger partial charge is 0.244 e. The first-order valence-corrected chi connectivity index (χ1v) is 7.93. The summed E-state index contributed by atoms with van der Waals surface area (Å²) < 4.78 is 27.0. The van der Waals surface area contributed by atoms with Gasteiger partial charge in [-0.2, -0.15) is 0 Å². The third kappa shape index (κ3) is 3.30. The Hall–Kier alpha value is -0.590. The van der Waals surface area contributed by atoms with E-state index >= 15 is 0 Å². The standard InChI is InChI=1S/C12H13Cl2NO3S/c13-10-2-1-3-11(14)12(10)19(17,18)15-9-5-4-8(6-9)7-16/h1-5,8-9,15-16H,6-7H2/t8-,9+/m0/s1. The van der Waals surface area contributed by atoms with E-state index in [1.807, 2.05) is 0 Å². The van der Waals surface area contributed by atoms with E-state index in [4.69, 9.17) is 28.3 Å². The van der Waals surface area contributed by atoms with Gasteiger partial charge in [0, 0.05) is 18.6 Å². The van der Waals surface area contributed by atoms with Crippen LogP contribution in [-0.4, -0.2) is 26.2 Å². The summed E-state index contributed by atoms with van der Waals surface area (Å²) in [6, 6.07) is 4.18. The van der Waals surface area contributed by atoms with Crippen LogP contribution in [-0.2, 0) is 10.0 Å². The monoisotopic (exact) mass is 321 g/mol. The fourth-order valence-corrected chi connectivity index (χ4v) is 4.34. The first-order valence-electron chi connectivity index (χ1n) is 5.69. The first kappa shape index (κ1) is 14.8. The highest BCUT2D eigenvalue weighted by molar-refractivity contribution is 7.89. The molecule has 0 bridgehead atoms. The number of sulfonamides is 1. The molecule has 1 aliphatic rings. The number of hydrogen-bond donors (Lipinski definition) is 2. The molecule has 0 spiro atoms. The van der Waals surface area contributed by atoms with E-state index in [1.165, 1.54) is 12.1 Å². The number of hydrogen-bond acceptors (Lipinski definition) is 3. The zero-order valence-electron chi connectivity index (χ0n) is 9.88. The summed E-state index contributed by atoms with van der Waals surface area (Å²) >= 11 is 11.8. The summed E-state index contributed by atoms with van der Waals surface area (Å²) in [4.78, 5) is -0.112. The van der Waals surface area contributed by atoms with Gasteiger partial charge in [0.1, 0.15) is 4.90 Å². The van der Waals surface area contributed by atoms with Crippen LogP contribution in [0.5, 0.6) is 0 Å². The molecule has 1 aromatic carbocycles. The Balaban J connectivity index is 2.22. The van der Waals surface area contributed by atoms with Crippen LogP contribution in [0.25, 0.3) is 0 Å². The lowest BCUT2D eigenvalue weighted by Crippen LogP contribution is -2.33. The van der Waals surface area contributed by atoms with Gasteiger partial charge in [-0.25, -0.2) is 13.1 Å². The second-order valence-electron chi connectivity index (χ2n) is 4.34. The molecule has 0 amide bonds. The van der Waals surface area contributed by atoms with Gasteiger partial charge in [0.25, 0.3) is 0 Å². The molecule has 0 unspecified atom stereocenters. The predicted molar refractivity (Wildman–Crippen MR) is 74.9 cm³/mol. The van der Waals surface area contributed by atoms with Crippen LogP contribution in [0.2, 0.25) is 10.0 Å². The Kier molecular flexibility index (Phi) is 4.53. The zero-order chi connectivity index (χ0) is 14.0. The maximum absolute atomic E-state index is 12.2. The fraction of sp³-hybridized carbons (Fsp3) is 0.333. The van der Waals surface area contributed by atoms with Gasteiger partial charge in [-0.1, -0.05) is 41.4 Å². The Labute approximate surface area is 122 Å². The Morgan fingerprint density at radius 1 is 1.26 bits per heavy atom. The van der Waals surface area contributed by atoms with Crippen molar-refractivity contribution >= 4 is 33.2 Å². The van der Waals surface area contributed by atoms with E-state index < -0.39 is 10.0 Å². The van der Waals surface area contributed by atoms with Crippen molar-refractivity contribution in [2.45, 2.75) is 17.4 Å². The zero-order valence-corrected chi connectivity index (χ0v) is 12.2. The van der Waals surface area contributed by atoms with Gasteiger partial charge in [0.05, 0.1) is 10.0 Å². The molecule has 1 aliphatic carbocycles. The van der Waals surface area contributed by atoms with Crippen molar-refractivity contribution in [3.63, 3.8) is 0 Å². The van der Waals surface area contributed by atoms with Gasteiger partial charge in [-0.05, 0) is 18.6 Å². The molecule has 1 aromatic rings. The molecule has 104 valence electrons. The molecule has 0 heterocycles. The highest BCUT2D eigenvalue weighted by atomic mass is 35.5. The molecular formula is C12H13Cl2NO3S. The first-order chi connectivity index (χ1) is 8.94. The predicted octanol–water partition coefficient (Wildman–Crippen LogP) is 2.21. The van der Waals surface area contributed by atoms with Gasteiger partial charge in [-0.15, -0.1) is 0 Å². The van der Waals surface area contributed by atoms with Crippen LogP contribution in [0, 0.1) is 5.92 Å². The maximum atomic E-state index is 12.2. The lowest BCUT2D eigenvalue weighted by atomic mass is 10.1. The van der Waals surface area contributed by atoms with Crippen molar-refractivity contribution in [2.24, 2.45) is 5.92 Å². The van der Waals surface area contributed by atoms with Gasteiger partial charge < -0.3 is 5.11 Å². The second kappa shape index (κ2) is 5.81. The molecule has 7 heteroatoms. The largest absolute Gasteiger partial charge is 0.396 e. The topological polar surface area (TPSA) is 66.4 Å². The number of halogens is 2. The average molecular weight is 322 g/mol. The molecule has 2 N–H and O–H groups in total. The normalized spacial score (nSPS) is 22.9. The lowest BCUT2D eigenvalue weighted by Gasteiger charge is -2.14. The molecular weight excluding hydrogens is 309 g/mol. The summed E-state index contributed by atoms with van der Waals surface area (Å²) in [5, 5.41) is 9.18. The van der Waals surface area contributed by atoms with E-state index in [-0.39, 0.29) is 33.5 Å². The average Bonchev–Trinajstić information content (AvgIpc) is 2.75. The van der Waals surface area contributed by atoms with Crippen LogP contribution >= 0.6 is 23.2 Å². The molecule has 0 aliphatic heterocycles. The van der Waals surface area contributed by atoms with Crippen LogP contribution in [0.1, 0.15) is 6.42 Å². The molecule has 0 fully saturated rings. The van der Waals surface area contributed by atoms with Crippen LogP contribution in [0.15, 0.2) is 35.2 Å². The number of aliphatic hydroxyl groups is 1. The number of aliphatic hydroxyl groups excluding tert-OH is 1. The Morgan fingerprint density at radius 2 is 1.89 bits per heavy atom. The number of nitrogens with one attached hydrogen (secondary N) is 1. The van der Waals surface area contributed by atoms with Crippen LogP contribution in [0.4, 0.5) is 0 Å². The third-order valence-corrected chi connectivity index (χ3v) is 5.35. The molecule has 4 nitrogen and oxygen atoms in total.